The Morgan fingerprint density at radius 1 is 0.960 bits per heavy atom. The number of fused-ring (bicyclic) bond motifs is 1. The second kappa shape index (κ2) is 7.40. The fourth-order valence-electron chi connectivity index (χ4n) is 3.26. The molecule has 0 radical (unpaired) electrons. The summed E-state index contributed by atoms with van der Waals surface area (Å²) in [5.41, 5.74) is 1.90. The molecule has 4 rings (SSSR count). The molecule has 25 heavy (non-hydrogen) atoms. The van der Waals surface area contributed by atoms with Crippen molar-refractivity contribution in [2.75, 3.05) is 5.32 Å². The van der Waals surface area contributed by atoms with Crippen LogP contribution < -0.4 is 10.1 Å². The first-order chi connectivity index (χ1) is 12.3. The standard InChI is InChI=1S/C20H20BrN3O/c21-14-6-11-19-18(12-14)20(23-13-22-19)24-15-7-9-17(10-8-15)25-16-4-2-1-3-5-16/h6-13,16H,1-5H2,(H,22,23,24). The van der Waals surface area contributed by atoms with E-state index >= 15 is 0 Å². The predicted octanol–water partition coefficient (Wildman–Crippen LogP) is 5.85. The number of benzene rings is 2. The van der Waals surface area contributed by atoms with Gasteiger partial charge in [0.15, 0.2) is 0 Å². The van der Waals surface area contributed by atoms with Crippen molar-refractivity contribution in [1.82, 2.24) is 9.97 Å². The van der Waals surface area contributed by atoms with Gasteiger partial charge in [0.25, 0.3) is 0 Å². The van der Waals surface area contributed by atoms with Crippen molar-refractivity contribution in [2.24, 2.45) is 0 Å². The van der Waals surface area contributed by atoms with Gasteiger partial charge in [0, 0.05) is 15.5 Å². The molecule has 1 N–H and O–H groups in total. The number of nitrogens with zero attached hydrogens (tertiary/aromatic N) is 2. The Kier molecular flexibility index (Phi) is 4.83. The van der Waals surface area contributed by atoms with Crippen LogP contribution in [0.1, 0.15) is 32.1 Å². The average molecular weight is 398 g/mol. The number of nitrogens with one attached hydrogen (secondary N) is 1. The van der Waals surface area contributed by atoms with Gasteiger partial charge in [-0.25, -0.2) is 9.97 Å². The Morgan fingerprint density at radius 3 is 2.56 bits per heavy atom. The Labute approximate surface area is 155 Å². The average Bonchev–Trinajstić information content (AvgIpc) is 2.65. The molecule has 2 aromatic carbocycles. The summed E-state index contributed by atoms with van der Waals surface area (Å²) in [6.07, 6.45) is 8.19. The van der Waals surface area contributed by atoms with E-state index < -0.39 is 0 Å². The third-order valence-corrected chi connectivity index (χ3v) is 5.06. The number of aromatic nitrogens is 2. The molecule has 1 aromatic heterocycles. The highest BCUT2D eigenvalue weighted by Gasteiger charge is 2.14. The lowest BCUT2D eigenvalue weighted by Gasteiger charge is -2.23. The molecule has 128 valence electrons. The first-order valence-corrected chi connectivity index (χ1v) is 9.51. The minimum absolute atomic E-state index is 0.371. The lowest BCUT2D eigenvalue weighted by atomic mass is 9.98. The molecule has 1 aliphatic rings. The van der Waals surface area contributed by atoms with E-state index in [4.69, 9.17) is 4.74 Å². The van der Waals surface area contributed by atoms with Crippen molar-refractivity contribution in [1.29, 1.82) is 0 Å². The molecular weight excluding hydrogens is 378 g/mol. The number of hydrogen-bond acceptors (Lipinski definition) is 4. The lowest BCUT2D eigenvalue weighted by molar-refractivity contribution is 0.155. The molecule has 0 spiro atoms. The number of halogens is 1. The molecule has 0 bridgehead atoms. The van der Waals surface area contributed by atoms with Gasteiger partial charge in [-0.3, -0.25) is 0 Å². The minimum atomic E-state index is 0.371. The largest absolute Gasteiger partial charge is 0.490 e. The molecule has 5 heteroatoms. The van der Waals surface area contributed by atoms with Gasteiger partial charge in [-0.15, -0.1) is 0 Å². The smallest absolute Gasteiger partial charge is 0.141 e. The van der Waals surface area contributed by atoms with E-state index in [1.807, 2.05) is 42.5 Å². The first kappa shape index (κ1) is 16.3. The zero-order chi connectivity index (χ0) is 17.1. The van der Waals surface area contributed by atoms with Crippen LogP contribution in [0, 0.1) is 0 Å². The van der Waals surface area contributed by atoms with Gasteiger partial charge in [-0.1, -0.05) is 22.4 Å². The van der Waals surface area contributed by atoms with Crippen molar-refractivity contribution < 1.29 is 4.74 Å². The molecule has 1 heterocycles. The number of hydrogen-bond donors (Lipinski definition) is 1. The summed E-state index contributed by atoms with van der Waals surface area (Å²) < 4.78 is 7.10. The molecule has 4 nitrogen and oxygen atoms in total. The Hall–Kier alpha value is -2.14. The Morgan fingerprint density at radius 2 is 1.76 bits per heavy atom. The highest BCUT2D eigenvalue weighted by atomic mass is 79.9. The molecule has 0 amide bonds. The lowest BCUT2D eigenvalue weighted by Crippen LogP contribution is -2.19. The van der Waals surface area contributed by atoms with E-state index in [0.717, 1.165) is 32.6 Å². The summed E-state index contributed by atoms with van der Waals surface area (Å²) in [5.74, 6) is 1.74. The predicted molar refractivity (Wildman–Crippen MR) is 104 cm³/mol. The Balaban J connectivity index is 1.50. The molecule has 0 aliphatic heterocycles. The summed E-state index contributed by atoms with van der Waals surface area (Å²) in [6.45, 7) is 0. The topological polar surface area (TPSA) is 47.0 Å². The summed E-state index contributed by atoms with van der Waals surface area (Å²) >= 11 is 3.51. The van der Waals surface area contributed by atoms with Gasteiger partial charge in [0.05, 0.1) is 11.6 Å². The number of anilines is 2. The highest BCUT2D eigenvalue weighted by molar-refractivity contribution is 9.10. The van der Waals surface area contributed by atoms with Gasteiger partial charge in [0.2, 0.25) is 0 Å². The fourth-order valence-corrected chi connectivity index (χ4v) is 3.62. The van der Waals surface area contributed by atoms with Crippen LogP contribution >= 0.6 is 15.9 Å². The van der Waals surface area contributed by atoms with E-state index in [1.54, 1.807) is 6.33 Å². The minimum Gasteiger partial charge on any atom is -0.490 e. The number of ether oxygens (including phenoxy) is 1. The van der Waals surface area contributed by atoms with Crippen LogP contribution in [0.5, 0.6) is 5.75 Å². The van der Waals surface area contributed by atoms with Crippen LogP contribution in [0.4, 0.5) is 11.5 Å². The van der Waals surface area contributed by atoms with Gasteiger partial charge >= 0.3 is 0 Å². The van der Waals surface area contributed by atoms with Crippen molar-refractivity contribution in [2.45, 2.75) is 38.2 Å². The van der Waals surface area contributed by atoms with Crippen molar-refractivity contribution in [3.63, 3.8) is 0 Å². The zero-order valence-electron chi connectivity index (χ0n) is 13.9. The van der Waals surface area contributed by atoms with Crippen LogP contribution in [-0.2, 0) is 0 Å². The number of rotatable bonds is 4. The molecule has 0 unspecified atom stereocenters. The van der Waals surface area contributed by atoms with Gasteiger partial charge in [-0.05, 0) is 68.1 Å². The van der Waals surface area contributed by atoms with Gasteiger partial charge in [-0.2, -0.15) is 0 Å². The summed E-state index contributed by atoms with van der Waals surface area (Å²) in [4.78, 5) is 8.70. The molecule has 1 aliphatic carbocycles. The van der Waals surface area contributed by atoms with Gasteiger partial charge in [0.1, 0.15) is 17.9 Å². The Bertz CT molecular complexity index is 860. The normalized spacial score (nSPS) is 15.2. The molecule has 0 saturated heterocycles. The van der Waals surface area contributed by atoms with Crippen LogP contribution in [0.3, 0.4) is 0 Å². The van der Waals surface area contributed by atoms with E-state index in [2.05, 4.69) is 31.2 Å². The van der Waals surface area contributed by atoms with Crippen molar-refractivity contribution in [3.05, 3.63) is 53.3 Å². The molecular formula is C20H20BrN3O. The first-order valence-electron chi connectivity index (χ1n) is 8.72. The summed E-state index contributed by atoms with van der Waals surface area (Å²) in [5, 5.41) is 4.36. The molecule has 1 fully saturated rings. The second-order valence-corrected chi connectivity index (χ2v) is 7.33. The van der Waals surface area contributed by atoms with Crippen LogP contribution in [0.2, 0.25) is 0 Å². The molecule has 3 aromatic rings. The maximum absolute atomic E-state index is 6.09. The van der Waals surface area contributed by atoms with Crippen molar-refractivity contribution in [3.8, 4) is 5.75 Å². The maximum atomic E-state index is 6.09. The zero-order valence-corrected chi connectivity index (χ0v) is 15.5. The monoisotopic (exact) mass is 397 g/mol. The van der Waals surface area contributed by atoms with E-state index in [0.29, 0.717) is 6.10 Å². The van der Waals surface area contributed by atoms with Crippen LogP contribution in [0.25, 0.3) is 10.9 Å². The van der Waals surface area contributed by atoms with E-state index in [9.17, 15) is 0 Å². The summed E-state index contributed by atoms with van der Waals surface area (Å²) in [7, 11) is 0. The van der Waals surface area contributed by atoms with E-state index in [-0.39, 0.29) is 0 Å². The third-order valence-electron chi connectivity index (χ3n) is 4.57. The van der Waals surface area contributed by atoms with E-state index in [1.165, 1.54) is 32.1 Å². The SMILES string of the molecule is Brc1ccc2ncnc(Nc3ccc(OC4CCCCC4)cc3)c2c1. The second-order valence-electron chi connectivity index (χ2n) is 6.41. The quantitative estimate of drug-likeness (QED) is 0.599. The molecule has 0 atom stereocenters. The van der Waals surface area contributed by atoms with Crippen LogP contribution in [0.15, 0.2) is 53.3 Å². The fraction of sp³-hybridized carbons (Fsp3) is 0.300. The van der Waals surface area contributed by atoms with Crippen LogP contribution in [-0.4, -0.2) is 16.1 Å². The van der Waals surface area contributed by atoms with Gasteiger partial charge < -0.3 is 10.1 Å². The molecule has 1 saturated carbocycles. The van der Waals surface area contributed by atoms with Crippen molar-refractivity contribution >= 4 is 38.3 Å². The summed E-state index contributed by atoms with van der Waals surface area (Å²) in [6, 6.07) is 14.1. The third kappa shape index (κ3) is 3.93. The highest BCUT2D eigenvalue weighted by Crippen LogP contribution is 2.28. The maximum Gasteiger partial charge on any atom is 0.141 e.